The van der Waals surface area contributed by atoms with E-state index in [1.165, 1.54) is 0 Å². The van der Waals surface area contributed by atoms with Gasteiger partial charge in [-0.25, -0.2) is 4.39 Å². The van der Waals surface area contributed by atoms with Crippen molar-refractivity contribution in [2.45, 2.75) is 58.4 Å². The Labute approximate surface area is 148 Å². The number of fused-ring (bicyclic) bond motifs is 5. The van der Waals surface area contributed by atoms with Crippen LogP contribution in [0.5, 0.6) is 0 Å². The minimum Gasteiger partial charge on any atom is -0.481 e. The number of halogens is 1. The van der Waals surface area contributed by atoms with E-state index in [2.05, 4.69) is 13.8 Å². The summed E-state index contributed by atoms with van der Waals surface area (Å²) in [7, 11) is 1.72. The van der Waals surface area contributed by atoms with Crippen LogP contribution in [-0.2, 0) is 9.59 Å². The van der Waals surface area contributed by atoms with Gasteiger partial charge in [0, 0.05) is 18.5 Å². The van der Waals surface area contributed by atoms with E-state index in [4.69, 9.17) is 0 Å². The Balaban J connectivity index is 1.70. The second-order valence-corrected chi connectivity index (χ2v) is 9.26. The van der Waals surface area contributed by atoms with Gasteiger partial charge < -0.3 is 10.0 Å². The molecule has 25 heavy (non-hydrogen) atoms. The molecule has 1 amide bonds. The lowest BCUT2D eigenvalue weighted by atomic mass is 9.47. The highest BCUT2D eigenvalue weighted by Crippen LogP contribution is 2.65. The van der Waals surface area contributed by atoms with Gasteiger partial charge in [-0.05, 0) is 67.8 Å². The summed E-state index contributed by atoms with van der Waals surface area (Å²) in [5.41, 5.74) is -0.465. The molecule has 3 saturated carbocycles. The van der Waals surface area contributed by atoms with Crippen LogP contribution < -0.4 is 0 Å². The van der Waals surface area contributed by atoms with Gasteiger partial charge in [0.15, 0.2) is 5.83 Å². The Morgan fingerprint density at radius 3 is 2.60 bits per heavy atom. The van der Waals surface area contributed by atoms with E-state index >= 15 is 0 Å². The van der Waals surface area contributed by atoms with Gasteiger partial charge in [-0.1, -0.05) is 13.8 Å². The number of amides is 1. The second-order valence-electron chi connectivity index (χ2n) is 9.26. The maximum absolute atomic E-state index is 14.3. The van der Waals surface area contributed by atoms with Crippen molar-refractivity contribution >= 4 is 11.9 Å². The molecule has 0 aromatic rings. The van der Waals surface area contributed by atoms with Crippen LogP contribution in [0.1, 0.15) is 52.4 Å². The number of hydrogen-bond acceptors (Lipinski definition) is 2. The predicted molar refractivity (Wildman–Crippen MR) is 91.3 cm³/mol. The summed E-state index contributed by atoms with van der Waals surface area (Å²) in [6.45, 7) is 4.28. The van der Waals surface area contributed by atoms with Crippen molar-refractivity contribution in [1.29, 1.82) is 0 Å². The molecule has 5 heteroatoms. The van der Waals surface area contributed by atoms with Gasteiger partial charge in [-0.3, -0.25) is 9.59 Å². The molecule has 4 aliphatic rings. The molecule has 4 nitrogen and oxygen atoms in total. The lowest BCUT2D eigenvalue weighted by molar-refractivity contribution is -0.153. The van der Waals surface area contributed by atoms with E-state index < -0.39 is 17.7 Å². The summed E-state index contributed by atoms with van der Waals surface area (Å²) in [5.74, 6) is -0.833. The molecule has 0 aromatic carbocycles. The van der Waals surface area contributed by atoms with Crippen LogP contribution >= 0.6 is 0 Å². The van der Waals surface area contributed by atoms with Crippen molar-refractivity contribution in [3.05, 3.63) is 11.9 Å². The third kappa shape index (κ3) is 2.10. The van der Waals surface area contributed by atoms with Crippen LogP contribution in [0.4, 0.5) is 4.39 Å². The largest absolute Gasteiger partial charge is 0.481 e. The quantitative estimate of drug-likeness (QED) is 0.786. The van der Waals surface area contributed by atoms with Crippen LogP contribution in [0.3, 0.4) is 0 Å². The number of aliphatic carboxylic acids is 1. The average molecular weight is 349 g/mol. The van der Waals surface area contributed by atoms with Gasteiger partial charge in [0.2, 0.25) is 0 Å². The first-order valence-corrected chi connectivity index (χ1v) is 9.58. The van der Waals surface area contributed by atoms with Gasteiger partial charge in [0.25, 0.3) is 5.91 Å². The van der Waals surface area contributed by atoms with Gasteiger partial charge in [0.1, 0.15) is 0 Å². The molecule has 0 bridgehead atoms. The molecule has 1 aliphatic heterocycles. The fourth-order valence-electron chi connectivity index (χ4n) is 7.24. The highest BCUT2D eigenvalue weighted by Gasteiger charge is 2.62. The zero-order chi connectivity index (χ0) is 18.1. The van der Waals surface area contributed by atoms with E-state index in [1.807, 2.05) is 0 Å². The molecule has 0 radical (unpaired) electrons. The molecule has 0 aromatic heterocycles. The van der Waals surface area contributed by atoms with Crippen molar-refractivity contribution in [2.24, 2.45) is 34.5 Å². The third-order valence-electron chi connectivity index (χ3n) is 8.46. The van der Waals surface area contributed by atoms with Crippen molar-refractivity contribution in [3.63, 3.8) is 0 Å². The number of carboxylic acids is 1. The number of hydrogen-bond donors (Lipinski definition) is 1. The first-order valence-electron chi connectivity index (χ1n) is 9.58. The molecule has 4 rings (SSSR count). The summed E-state index contributed by atoms with van der Waals surface area (Å²) in [4.78, 5) is 25.4. The van der Waals surface area contributed by atoms with Gasteiger partial charge >= 0.3 is 5.97 Å². The van der Waals surface area contributed by atoms with E-state index in [-0.39, 0.29) is 22.8 Å². The summed E-state index contributed by atoms with van der Waals surface area (Å²) in [5, 5.41) is 9.65. The first kappa shape index (κ1) is 17.0. The lowest BCUT2D eigenvalue weighted by Gasteiger charge is -2.60. The smallest absolute Gasteiger partial charge is 0.307 e. The topological polar surface area (TPSA) is 57.6 Å². The molecule has 7 atom stereocenters. The van der Waals surface area contributed by atoms with Crippen molar-refractivity contribution < 1.29 is 19.1 Å². The van der Waals surface area contributed by atoms with Crippen LogP contribution in [0, 0.1) is 34.5 Å². The average Bonchev–Trinajstić information content (AvgIpc) is 2.90. The second kappa shape index (κ2) is 5.31. The summed E-state index contributed by atoms with van der Waals surface area (Å²) >= 11 is 0. The number of rotatable bonds is 1. The van der Waals surface area contributed by atoms with Gasteiger partial charge in [-0.2, -0.15) is 0 Å². The standard InChI is InChI=1S/C20H28FNO3/c1-19-9-8-13-11(12(19)5-6-14(19)18(24)25)4-7-16-20(13,2)10-15(21)17(23)22(16)3/h10-14,16H,4-9H2,1-3H3,(H,24,25)/t11-,12?,13?,14+,16?,19-,20?/m0/s1. The molecule has 0 spiro atoms. The molecule has 0 saturated heterocycles. The van der Waals surface area contributed by atoms with E-state index in [9.17, 15) is 19.1 Å². The number of carbonyl (C=O) groups is 2. The van der Waals surface area contributed by atoms with Crippen LogP contribution in [-0.4, -0.2) is 35.0 Å². The fraction of sp³-hybridized carbons (Fsp3) is 0.800. The predicted octanol–water partition coefficient (Wildman–Crippen LogP) is 3.62. The Morgan fingerprint density at radius 1 is 1.20 bits per heavy atom. The zero-order valence-electron chi connectivity index (χ0n) is 15.3. The van der Waals surface area contributed by atoms with Crippen LogP contribution in [0.15, 0.2) is 11.9 Å². The van der Waals surface area contributed by atoms with E-state index in [1.54, 1.807) is 18.0 Å². The minimum absolute atomic E-state index is 0.0572. The maximum Gasteiger partial charge on any atom is 0.307 e. The number of carbonyl (C=O) groups excluding carboxylic acids is 1. The minimum atomic E-state index is -0.655. The molecule has 3 aliphatic carbocycles. The van der Waals surface area contributed by atoms with Crippen molar-refractivity contribution in [3.8, 4) is 0 Å². The Morgan fingerprint density at radius 2 is 1.92 bits per heavy atom. The van der Waals surface area contributed by atoms with Crippen molar-refractivity contribution in [2.75, 3.05) is 7.05 Å². The highest BCUT2D eigenvalue weighted by molar-refractivity contribution is 5.92. The van der Waals surface area contributed by atoms with Gasteiger partial charge in [0.05, 0.1) is 5.92 Å². The lowest BCUT2D eigenvalue weighted by Crippen LogP contribution is -2.60. The SMILES string of the molecule is CN1C(=O)C(F)=CC2(C)C3CC[C@@]4(C)C(CC[C@@H]4C(=O)O)[C@@H]3CCC12. The Bertz CT molecular complexity index is 661. The Hall–Kier alpha value is -1.39. The molecular weight excluding hydrogens is 321 g/mol. The highest BCUT2D eigenvalue weighted by atomic mass is 19.1. The molecule has 1 heterocycles. The fourth-order valence-corrected chi connectivity index (χ4v) is 7.24. The van der Waals surface area contributed by atoms with E-state index in [0.29, 0.717) is 17.8 Å². The third-order valence-corrected chi connectivity index (χ3v) is 8.46. The molecule has 138 valence electrons. The monoisotopic (exact) mass is 349 g/mol. The van der Waals surface area contributed by atoms with Crippen LogP contribution in [0.2, 0.25) is 0 Å². The summed E-state index contributed by atoms with van der Waals surface area (Å²) in [6.07, 6.45) is 7.06. The zero-order valence-corrected chi connectivity index (χ0v) is 15.3. The Kier molecular flexibility index (Phi) is 3.62. The first-order chi connectivity index (χ1) is 11.7. The van der Waals surface area contributed by atoms with Crippen LogP contribution in [0.25, 0.3) is 0 Å². The summed E-state index contributed by atoms with van der Waals surface area (Å²) in [6, 6.07) is 0.0572. The number of carboxylic acid groups (broad SMARTS) is 1. The van der Waals surface area contributed by atoms with Crippen molar-refractivity contribution in [1.82, 2.24) is 4.90 Å². The van der Waals surface area contributed by atoms with E-state index in [0.717, 1.165) is 38.5 Å². The van der Waals surface area contributed by atoms with Gasteiger partial charge in [-0.15, -0.1) is 0 Å². The maximum atomic E-state index is 14.3. The molecule has 1 N–H and O–H groups in total. The number of nitrogens with zero attached hydrogens (tertiary/aromatic N) is 1. The molecule has 3 fully saturated rings. The number of likely N-dealkylation sites (N-methyl/N-ethyl adjacent to an activating group) is 1. The molecule has 4 unspecified atom stereocenters. The molecular formula is C20H28FNO3. The normalized spacial score (nSPS) is 49.1. The summed E-state index contributed by atoms with van der Waals surface area (Å²) < 4.78 is 14.3.